The van der Waals surface area contributed by atoms with Crippen LogP contribution in [-0.2, 0) is 47.8 Å². The predicted molar refractivity (Wildman–Crippen MR) is 228 cm³/mol. The Hall–Kier alpha value is -5.88. The smallest absolute Gasteiger partial charge is 0.328 e. The number of nitrogens with two attached hydrogens (primary N) is 1. The van der Waals surface area contributed by atoms with Crippen molar-refractivity contribution in [2.75, 3.05) is 72.9 Å². The van der Waals surface area contributed by atoms with Crippen LogP contribution in [0.25, 0.3) is 0 Å². The maximum atomic E-state index is 13.5. The summed E-state index contributed by atoms with van der Waals surface area (Å²) in [6, 6.07) is 16.0. The summed E-state index contributed by atoms with van der Waals surface area (Å²) < 4.78 is 10.6. The number of ether oxygens (including phenoxy) is 2. The number of nitrogens with zero attached hydrogens (tertiary/aromatic N) is 4. The summed E-state index contributed by atoms with van der Waals surface area (Å²) >= 11 is 0. The van der Waals surface area contributed by atoms with Crippen LogP contribution in [0.3, 0.4) is 0 Å². The third-order valence-corrected chi connectivity index (χ3v) is 9.72. The van der Waals surface area contributed by atoms with Gasteiger partial charge in [0.2, 0.25) is 35.9 Å². The molecule has 2 aromatic carbocycles. The summed E-state index contributed by atoms with van der Waals surface area (Å²) in [4.78, 5) is 104. The van der Waals surface area contributed by atoms with Crippen molar-refractivity contribution < 1.29 is 47.8 Å². The van der Waals surface area contributed by atoms with Crippen LogP contribution in [0.1, 0.15) is 51.5 Å². The van der Waals surface area contributed by atoms with Crippen molar-refractivity contribution in [2.45, 2.75) is 77.0 Å². The Kier molecular flexibility index (Phi) is 22.7. The summed E-state index contributed by atoms with van der Waals surface area (Å²) in [5.41, 5.74) is 6.85. The summed E-state index contributed by atoms with van der Waals surface area (Å²) in [5.74, 6) is -3.10. The van der Waals surface area contributed by atoms with E-state index in [9.17, 15) is 38.4 Å². The first-order chi connectivity index (χ1) is 29.0. The van der Waals surface area contributed by atoms with Gasteiger partial charge in [-0.15, -0.1) is 0 Å². The van der Waals surface area contributed by atoms with Crippen molar-refractivity contribution in [1.82, 2.24) is 30.2 Å². The number of nitrogens with one attached hydrogen (secondary N) is 3. The minimum Gasteiger partial charge on any atom is -0.465 e. The zero-order valence-corrected chi connectivity index (χ0v) is 36.5. The number of para-hydroxylation sites is 1. The average molecular weight is 853 g/mol. The van der Waals surface area contributed by atoms with Crippen LogP contribution in [0.15, 0.2) is 60.7 Å². The van der Waals surface area contributed by atoms with Crippen molar-refractivity contribution in [3.8, 4) is 0 Å². The van der Waals surface area contributed by atoms with Crippen LogP contribution < -0.4 is 21.7 Å². The molecule has 2 aromatic rings. The number of amides is 6. The Morgan fingerprint density at radius 1 is 0.967 bits per heavy atom. The van der Waals surface area contributed by atoms with Crippen LogP contribution in [0.2, 0.25) is 0 Å². The summed E-state index contributed by atoms with van der Waals surface area (Å²) in [7, 11) is 6.60. The minimum absolute atomic E-state index is 0.00448. The molecule has 5 atom stereocenters. The fourth-order valence-corrected chi connectivity index (χ4v) is 6.72. The predicted octanol–water partition coefficient (Wildman–Crippen LogP) is 0.929. The molecule has 61 heavy (non-hydrogen) atoms. The Morgan fingerprint density at radius 2 is 1.61 bits per heavy atom. The lowest BCUT2D eigenvalue weighted by atomic mass is 10.1. The molecule has 3 heterocycles. The molecule has 0 radical (unpaired) electrons. The number of rotatable bonds is 9. The highest BCUT2D eigenvalue weighted by atomic mass is 16.5. The number of aryl methyl sites for hydroxylation is 1. The van der Waals surface area contributed by atoms with Gasteiger partial charge in [0, 0.05) is 32.2 Å². The van der Waals surface area contributed by atoms with Gasteiger partial charge in [0.1, 0.15) is 30.8 Å². The number of anilines is 1. The number of cyclic esters (lactones) is 1. The zero-order valence-electron chi connectivity index (χ0n) is 36.5. The lowest BCUT2D eigenvalue weighted by Gasteiger charge is -2.34. The van der Waals surface area contributed by atoms with E-state index in [4.69, 9.17) is 15.2 Å². The molecular formula is C43H64N8O10. The number of carbonyl (C=O) groups excluding carboxylic acids is 8. The molecule has 0 aliphatic carbocycles. The zero-order chi connectivity index (χ0) is 45.5. The number of carbonyl (C=O) groups is 8. The van der Waals surface area contributed by atoms with E-state index in [1.807, 2.05) is 55.5 Å². The van der Waals surface area contributed by atoms with E-state index in [-0.39, 0.29) is 56.9 Å². The molecule has 18 heteroatoms. The third-order valence-electron chi connectivity index (χ3n) is 9.72. The number of primary amides is 1. The summed E-state index contributed by atoms with van der Waals surface area (Å²) in [5, 5.41) is 7.81. The summed E-state index contributed by atoms with van der Waals surface area (Å²) in [6.07, 6.45) is 2.06. The van der Waals surface area contributed by atoms with Crippen LogP contribution in [0.5, 0.6) is 0 Å². The van der Waals surface area contributed by atoms with Crippen LogP contribution in [0.4, 0.5) is 5.69 Å². The van der Waals surface area contributed by atoms with Crippen molar-refractivity contribution in [3.63, 3.8) is 0 Å². The van der Waals surface area contributed by atoms with Crippen molar-refractivity contribution in [3.05, 3.63) is 66.2 Å². The molecule has 0 aromatic heterocycles. The van der Waals surface area contributed by atoms with E-state index >= 15 is 0 Å². The van der Waals surface area contributed by atoms with E-state index in [0.717, 1.165) is 5.69 Å². The SMILES string of the molecule is CC1CC2C(=O)OCCC(=O)N3CCCC3C(=O)N(C)C(CCOC(=O)CN(C)C)C(=O)NC(C)C(=O)N2C1.CNCC(N)=O.Cc1ccccc1.O=CNc1ccccc1. The highest BCUT2D eigenvalue weighted by Gasteiger charge is 2.43. The Bertz CT molecular complexity index is 1730. The van der Waals surface area contributed by atoms with Crippen LogP contribution >= 0.6 is 0 Å². The van der Waals surface area contributed by atoms with Gasteiger partial charge in [0.25, 0.3) is 0 Å². The van der Waals surface area contributed by atoms with E-state index in [2.05, 4.69) is 35.0 Å². The van der Waals surface area contributed by atoms with Crippen LogP contribution in [0, 0.1) is 12.8 Å². The number of likely N-dealkylation sites (N-methyl/N-ethyl adjacent to an activating group) is 3. The monoisotopic (exact) mass is 852 g/mol. The second-order valence-corrected chi connectivity index (χ2v) is 15.2. The molecule has 336 valence electrons. The number of hydrogen-bond acceptors (Lipinski definition) is 12. The van der Waals surface area contributed by atoms with Gasteiger partial charge < -0.3 is 45.9 Å². The molecule has 5 rings (SSSR count). The number of fused-ring (bicyclic) bond motifs is 2. The van der Waals surface area contributed by atoms with Gasteiger partial charge in [-0.2, -0.15) is 0 Å². The molecule has 18 nitrogen and oxygen atoms in total. The summed E-state index contributed by atoms with van der Waals surface area (Å²) in [6.45, 7) is 6.31. The third kappa shape index (κ3) is 18.1. The highest BCUT2D eigenvalue weighted by Crippen LogP contribution is 2.26. The lowest BCUT2D eigenvalue weighted by Crippen LogP contribution is -2.57. The first kappa shape index (κ1) is 51.3. The first-order valence-corrected chi connectivity index (χ1v) is 20.3. The molecule has 5 N–H and O–H groups in total. The first-order valence-electron chi connectivity index (χ1n) is 20.3. The van der Waals surface area contributed by atoms with E-state index in [1.165, 1.54) is 34.2 Å². The van der Waals surface area contributed by atoms with Gasteiger partial charge in [-0.1, -0.05) is 61.0 Å². The molecule has 3 saturated heterocycles. The average Bonchev–Trinajstić information content (AvgIpc) is 3.87. The van der Waals surface area contributed by atoms with E-state index < -0.39 is 53.8 Å². The van der Waals surface area contributed by atoms with Gasteiger partial charge in [0.05, 0.1) is 26.1 Å². The minimum atomic E-state index is -1.05. The molecule has 0 bridgehead atoms. The van der Waals surface area contributed by atoms with Crippen molar-refractivity contribution in [2.24, 2.45) is 11.7 Å². The molecular weight excluding hydrogens is 789 g/mol. The highest BCUT2D eigenvalue weighted by molar-refractivity contribution is 5.95. The lowest BCUT2D eigenvalue weighted by molar-refractivity contribution is -0.156. The Labute approximate surface area is 358 Å². The standard InChI is InChI=1S/C26H41N5O8.C7H7NO.C7H8.C3H8N2O/c1-16-13-20-26(37)39-12-9-21(32)30-10-6-7-19(30)25(36)29(5)18(8-11-38-22(33)15-28(3)4)23(34)27-17(2)24(35)31(20)14-16;9-6-8-7-4-2-1-3-5-7;1-7-5-3-2-4-6-7;1-5-2-3(4)6/h16-20H,6-15H2,1-5H3,(H,27,34);1-6H,(H,8,9);2-6H,1H3;5H,2H2,1H3,(H2,4,6). The largest absolute Gasteiger partial charge is 0.465 e. The Balaban J connectivity index is 0.000000466. The number of benzene rings is 2. The number of hydrogen-bond donors (Lipinski definition) is 4. The quantitative estimate of drug-likeness (QED) is 0.204. The Morgan fingerprint density at radius 3 is 2.15 bits per heavy atom. The number of esters is 2. The second kappa shape index (κ2) is 27.1. The van der Waals surface area contributed by atoms with Crippen molar-refractivity contribution >= 4 is 53.6 Å². The van der Waals surface area contributed by atoms with E-state index in [0.29, 0.717) is 38.8 Å². The fourth-order valence-electron chi connectivity index (χ4n) is 6.72. The second-order valence-electron chi connectivity index (χ2n) is 15.2. The van der Waals surface area contributed by atoms with Gasteiger partial charge in [0.15, 0.2) is 0 Å². The maximum Gasteiger partial charge on any atom is 0.328 e. The van der Waals surface area contributed by atoms with Crippen molar-refractivity contribution in [1.29, 1.82) is 0 Å². The van der Waals surface area contributed by atoms with E-state index in [1.54, 1.807) is 26.0 Å². The topological polar surface area (TPSA) is 230 Å². The fraction of sp³-hybridized carbons (Fsp3) is 0.535. The van der Waals surface area contributed by atoms with Crippen LogP contribution in [-0.4, -0.2) is 159 Å². The normalized spacial score (nSPS) is 21.8. The maximum absolute atomic E-state index is 13.5. The van der Waals surface area contributed by atoms with Gasteiger partial charge >= 0.3 is 11.9 Å². The molecule has 3 aliphatic rings. The van der Waals surface area contributed by atoms with Gasteiger partial charge in [-0.3, -0.25) is 38.5 Å². The molecule has 0 saturated carbocycles. The molecule has 3 aliphatic heterocycles. The van der Waals surface area contributed by atoms with Gasteiger partial charge in [-0.25, -0.2) is 4.79 Å². The van der Waals surface area contributed by atoms with Gasteiger partial charge in [-0.05, 0) is 72.3 Å². The molecule has 6 amide bonds. The molecule has 5 unspecified atom stereocenters. The molecule has 3 fully saturated rings. The molecule has 0 spiro atoms.